The zero-order chi connectivity index (χ0) is 17.6. The molecule has 25 heavy (non-hydrogen) atoms. The van der Waals surface area contributed by atoms with Gasteiger partial charge in [0.15, 0.2) is 0 Å². The van der Waals surface area contributed by atoms with Gasteiger partial charge in [-0.2, -0.15) is 0 Å². The van der Waals surface area contributed by atoms with E-state index < -0.39 is 0 Å². The van der Waals surface area contributed by atoms with Gasteiger partial charge in [-0.05, 0) is 25.5 Å². The van der Waals surface area contributed by atoms with Crippen LogP contribution in [0.4, 0.5) is 11.6 Å². The smallest absolute Gasteiger partial charge is 0.257 e. The number of hydrogen-bond acceptors (Lipinski definition) is 5. The lowest BCUT2D eigenvalue weighted by atomic mass is 10.2. The van der Waals surface area contributed by atoms with Gasteiger partial charge in [0.25, 0.3) is 5.91 Å². The lowest BCUT2D eigenvalue weighted by Crippen LogP contribution is -2.48. The maximum absolute atomic E-state index is 12.6. The number of aromatic nitrogens is 2. The molecule has 2 heterocycles. The first-order valence-electron chi connectivity index (χ1n) is 8.85. The normalized spacial score (nSPS) is 15.8. The fraction of sp³-hybridized carbons (Fsp3) is 0.421. The quantitative estimate of drug-likeness (QED) is 0.907. The molecule has 6 nitrogen and oxygen atoms in total. The van der Waals surface area contributed by atoms with Crippen molar-refractivity contribution in [1.82, 2.24) is 14.9 Å². The number of carbonyl (C=O) groups is 1. The number of carbonyl (C=O) groups excluding carboxylic acids is 1. The van der Waals surface area contributed by atoms with Crippen molar-refractivity contribution >= 4 is 17.5 Å². The average Bonchev–Trinajstić information content (AvgIpc) is 2.69. The minimum absolute atomic E-state index is 0.00259. The van der Waals surface area contributed by atoms with Crippen LogP contribution >= 0.6 is 0 Å². The summed E-state index contributed by atoms with van der Waals surface area (Å²) >= 11 is 0. The van der Waals surface area contributed by atoms with Crippen molar-refractivity contribution in [3.8, 4) is 0 Å². The molecule has 1 unspecified atom stereocenters. The van der Waals surface area contributed by atoms with Crippen LogP contribution in [-0.4, -0.2) is 53.0 Å². The summed E-state index contributed by atoms with van der Waals surface area (Å²) < 4.78 is 0. The number of rotatable bonds is 5. The highest BCUT2D eigenvalue weighted by molar-refractivity contribution is 5.93. The van der Waals surface area contributed by atoms with Gasteiger partial charge in [0.05, 0.1) is 5.56 Å². The Labute approximate surface area is 148 Å². The van der Waals surface area contributed by atoms with Crippen LogP contribution in [0.2, 0.25) is 0 Å². The molecule has 132 valence electrons. The molecule has 1 amide bonds. The number of hydrogen-bond donors (Lipinski definition) is 1. The second-order valence-electron chi connectivity index (χ2n) is 6.36. The van der Waals surface area contributed by atoms with E-state index in [4.69, 9.17) is 0 Å². The number of benzene rings is 1. The molecule has 2 aromatic rings. The molecule has 0 radical (unpaired) electrons. The van der Waals surface area contributed by atoms with E-state index in [2.05, 4.69) is 46.2 Å². The molecule has 1 N–H and O–H groups in total. The summed E-state index contributed by atoms with van der Waals surface area (Å²) in [4.78, 5) is 25.3. The first kappa shape index (κ1) is 17.2. The van der Waals surface area contributed by atoms with Crippen molar-refractivity contribution in [3.63, 3.8) is 0 Å². The van der Waals surface area contributed by atoms with Gasteiger partial charge in [-0.3, -0.25) is 4.79 Å². The Bertz CT molecular complexity index is 681. The number of nitrogens with zero attached hydrogens (tertiary/aromatic N) is 4. The number of amides is 1. The standard InChI is InChI=1S/C19H25N5O/c1-3-15(2)22-19-20-13-16(14-21-19)18(25)24-11-9-23(10-12-24)17-7-5-4-6-8-17/h4-8,13-15H,3,9-12H2,1-2H3,(H,20,21,22). The lowest BCUT2D eigenvalue weighted by molar-refractivity contribution is 0.0746. The highest BCUT2D eigenvalue weighted by atomic mass is 16.2. The van der Waals surface area contributed by atoms with Crippen LogP contribution in [0.5, 0.6) is 0 Å². The Morgan fingerprint density at radius 3 is 2.36 bits per heavy atom. The fourth-order valence-corrected chi connectivity index (χ4v) is 2.82. The molecule has 1 aliphatic heterocycles. The molecule has 1 fully saturated rings. The molecule has 0 spiro atoms. The van der Waals surface area contributed by atoms with Crippen LogP contribution in [0, 0.1) is 0 Å². The van der Waals surface area contributed by atoms with Crippen LogP contribution in [-0.2, 0) is 0 Å². The van der Waals surface area contributed by atoms with Crippen LogP contribution in [0.15, 0.2) is 42.7 Å². The van der Waals surface area contributed by atoms with Crippen LogP contribution in [0.1, 0.15) is 30.6 Å². The third-order valence-electron chi connectivity index (χ3n) is 4.57. The minimum Gasteiger partial charge on any atom is -0.368 e. The van der Waals surface area contributed by atoms with Crippen LogP contribution < -0.4 is 10.2 Å². The van der Waals surface area contributed by atoms with Crippen molar-refractivity contribution in [2.24, 2.45) is 0 Å². The number of para-hydroxylation sites is 1. The average molecular weight is 339 g/mol. The maximum Gasteiger partial charge on any atom is 0.257 e. The molecule has 1 atom stereocenters. The van der Waals surface area contributed by atoms with Gasteiger partial charge in [-0.25, -0.2) is 9.97 Å². The first-order chi connectivity index (χ1) is 12.2. The third-order valence-corrected chi connectivity index (χ3v) is 4.57. The second-order valence-corrected chi connectivity index (χ2v) is 6.36. The van der Waals surface area contributed by atoms with E-state index in [1.165, 1.54) is 5.69 Å². The summed E-state index contributed by atoms with van der Waals surface area (Å²) in [7, 11) is 0. The summed E-state index contributed by atoms with van der Waals surface area (Å²) in [5, 5.41) is 3.21. The highest BCUT2D eigenvalue weighted by Gasteiger charge is 2.22. The van der Waals surface area contributed by atoms with Gasteiger partial charge >= 0.3 is 0 Å². The van der Waals surface area contributed by atoms with E-state index in [1.54, 1.807) is 12.4 Å². The van der Waals surface area contributed by atoms with Crippen molar-refractivity contribution in [2.75, 3.05) is 36.4 Å². The Morgan fingerprint density at radius 1 is 1.12 bits per heavy atom. The zero-order valence-electron chi connectivity index (χ0n) is 14.9. The molecule has 6 heteroatoms. The van der Waals surface area contributed by atoms with E-state index >= 15 is 0 Å². The van der Waals surface area contributed by atoms with Gasteiger partial charge in [-0.1, -0.05) is 25.1 Å². The molecule has 1 aromatic carbocycles. The van der Waals surface area contributed by atoms with Crippen LogP contribution in [0.3, 0.4) is 0 Å². The van der Waals surface area contributed by atoms with Crippen molar-refractivity contribution in [3.05, 3.63) is 48.3 Å². The summed E-state index contributed by atoms with van der Waals surface area (Å²) in [5.41, 5.74) is 1.75. The predicted octanol–water partition coefficient (Wildman–Crippen LogP) is 2.65. The van der Waals surface area contributed by atoms with Crippen molar-refractivity contribution < 1.29 is 4.79 Å². The van der Waals surface area contributed by atoms with Gasteiger partial charge < -0.3 is 15.1 Å². The van der Waals surface area contributed by atoms with Gasteiger partial charge in [0.2, 0.25) is 5.95 Å². The SMILES string of the molecule is CCC(C)Nc1ncc(C(=O)N2CCN(c3ccccc3)CC2)cn1. The fourth-order valence-electron chi connectivity index (χ4n) is 2.82. The number of piperazine rings is 1. The minimum atomic E-state index is 0.00259. The molecule has 0 aliphatic carbocycles. The van der Waals surface area contributed by atoms with Crippen LogP contribution in [0.25, 0.3) is 0 Å². The first-order valence-corrected chi connectivity index (χ1v) is 8.85. The van der Waals surface area contributed by atoms with Crippen molar-refractivity contribution in [2.45, 2.75) is 26.3 Å². The molecule has 1 aromatic heterocycles. The van der Waals surface area contributed by atoms with Gasteiger partial charge in [0, 0.05) is 50.3 Å². The van der Waals surface area contributed by atoms with E-state index in [0.717, 1.165) is 19.5 Å². The Hall–Kier alpha value is -2.63. The number of nitrogens with one attached hydrogen (secondary N) is 1. The molecule has 0 saturated carbocycles. The van der Waals surface area contributed by atoms with Gasteiger partial charge in [0.1, 0.15) is 0 Å². The van der Waals surface area contributed by atoms with E-state index in [1.807, 2.05) is 23.1 Å². The Morgan fingerprint density at radius 2 is 1.76 bits per heavy atom. The summed E-state index contributed by atoms with van der Waals surface area (Å²) in [6, 6.07) is 10.6. The monoisotopic (exact) mass is 339 g/mol. The van der Waals surface area contributed by atoms with E-state index in [-0.39, 0.29) is 5.91 Å². The second kappa shape index (κ2) is 7.96. The summed E-state index contributed by atoms with van der Waals surface area (Å²) in [5.74, 6) is 0.572. The molecular formula is C19H25N5O. The summed E-state index contributed by atoms with van der Waals surface area (Å²) in [6.07, 6.45) is 4.23. The topological polar surface area (TPSA) is 61.4 Å². The van der Waals surface area contributed by atoms with E-state index in [9.17, 15) is 4.79 Å². The predicted molar refractivity (Wildman–Crippen MR) is 100.0 cm³/mol. The third kappa shape index (κ3) is 4.26. The van der Waals surface area contributed by atoms with E-state index in [0.29, 0.717) is 30.6 Å². The molecule has 1 aliphatic rings. The summed E-state index contributed by atoms with van der Waals surface area (Å²) in [6.45, 7) is 7.27. The molecule has 0 bridgehead atoms. The Balaban J connectivity index is 1.57. The Kier molecular flexibility index (Phi) is 5.48. The number of anilines is 2. The molecule has 3 rings (SSSR count). The largest absolute Gasteiger partial charge is 0.368 e. The zero-order valence-corrected chi connectivity index (χ0v) is 14.9. The molecular weight excluding hydrogens is 314 g/mol. The lowest BCUT2D eigenvalue weighted by Gasteiger charge is -2.36. The highest BCUT2D eigenvalue weighted by Crippen LogP contribution is 2.16. The maximum atomic E-state index is 12.6. The van der Waals surface area contributed by atoms with Gasteiger partial charge in [-0.15, -0.1) is 0 Å². The molecule has 1 saturated heterocycles. The van der Waals surface area contributed by atoms with Crippen molar-refractivity contribution in [1.29, 1.82) is 0 Å².